The Balaban J connectivity index is 1.55. The average Bonchev–Trinajstić information content (AvgIpc) is 3.16. The van der Waals surface area contributed by atoms with Gasteiger partial charge in [-0.2, -0.15) is 0 Å². The van der Waals surface area contributed by atoms with Crippen molar-refractivity contribution in [1.82, 2.24) is 15.1 Å². The second-order valence-corrected chi connectivity index (χ2v) is 9.89. The lowest BCUT2D eigenvalue weighted by Crippen LogP contribution is -2.52. The molecule has 8 heteroatoms. The standard InChI is InChI=1S/C31H32FN3O4/c1-21(2)33-29(37)27(19-22-11-4-3-5-12-22)35(20-23-13-6-9-16-26(23)32)28(36)17-10-18-34-30(38)24-14-7-8-15-25(24)31(34)39/h3-9,11-16,21,27H,10,17-20H2,1-2H3,(H,33,37)/t27-/m1/s1. The van der Waals surface area contributed by atoms with Crippen LogP contribution in [0, 0.1) is 5.82 Å². The van der Waals surface area contributed by atoms with Gasteiger partial charge in [-0.15, -0.1) is 0 Å². The third-order valence-electron chi connectivity index (χ3n) is 6.65. The largest absolute Gasteiger partial charge is 0.352 e. The van der Waals surface area contributed by atoms with Gasteiger partial charge in [-0.05, 0) is 44.0 Å². The fourth-order valence-electron chi connectivity index (χ4n) is 4.72. The van der Waals surface area contributed by atoms with Crippen molar-refractivity contribution in [2.45, 2.75) is 51.7 Å². The first-order chi connectivity index (χ1) is 18.8. The van der Waals surface area contributed by atoms with Gasteiger partial charge in [0.2, 0.25) is 11.8 Å². The van der Waals surface area contributed by atoms with Crippen molar-refractivity contribution in [2.75, 3.05) is 6.54 Å². The van der Waals surface area contributed by atoms with Crippen molar-refractivity contribution in [1.29, 1.82) is 0 Å². The molecule has 3 aromatic rings. The highest BCUT2D eigenvalue weighted by Crippen LogP contribution is 2.23. The number of imide groups is 1. The Labute approximate surface area is 227 Å². The van der Waals surface area contributed by atoms with E-state index in [0.717, 1.165) is 10.5 Å². The van der Waals surface area contributed by atoms with E-state index in [2.05, 4.69) is 5.32 Å². The molecule has 0 radical (unpaired) electrons. The molecule has 1 aliphatic heterocycles. The van der Waals surface area contributed by atoms with Gasteiger partial charge in [0.25, 0.3) is 11.8 Å². The van der Waals surface area contributed by atoms with Crippen molar-refractivity contribution >= 4 is 23.6 Å². The number of hydrogen-bond acceptors (Lipinski definition) is 4. The fourth-order valence-corrected chi connectivity index (χ4v) is 4.72. The monoisotopic (exact) mass is 529 g/mol. The van der Waals surface area contributed by atoms with Gasteiger partial charge < -0.3 is 10.2 Å². The molecule has 0 aromatic heterocycles. The maximum atomic E-state index is 14.7. The first kappa shape index (κ1) is 27.7. The first-order valence-electron chi connectivity index (χ1n) is 13.1. The predicted octanol–water partition coefficient (Wildman–Crippen LogP) is 4.37. The second kappa shape index (κ2) is 12.5. The zero-order valence-electron chi connectivity index (χ0n) is 22.1. The minimum absolute atomic E-state index is 0.0257. The van der Waals surface area contributed by atoms with E-state index in [4.69, 9.17) is 0 Å². The predicted molar refractivity (Wildman–Crippen MR) is 145 cm³/mol. The number of nitrogens with one attached hydrogen (secondary N) is 1. The fraction of sp³-hybridized carbons (Fsp3) is 0.290. The third kappa shape index (κ3) is 6.57. The molecule has 0 aliphatic carbocycles. The number of benzene rings is 3. The van der Waals surface area contributed by atoms with E-state index in [-0.39, 0.29) is 62.0 Å². The van der Waals surface area contributed by atoms with Gasteiger partial charge in [-0.25, -0.2) is 4.39 Å². The minimum Gasteiger partial charge on any atom is -0.352 e. The van der Waals surface area contributed by atoms with Gasteiger partial charge in [0.05, 0.1) is 11.1 Å². The molecule has 0 spiro atoms. The molecule has 1 heterocycles. The van der Waals surface area contributed by atoms with Crippen molar-refractivity contribution in [3.8, 4) is 0 Å². The molecule has 0 saturated carbocycles. The molecule has 0 fully saturated rings. The smallest absolute Gasteiger partial charge is 0.261 e. The lowest BCUT2D eigenvalue weighted by molar-refractivity contribution is -0.141. The third-order valence-corrected chi connectivity index (χ3v) is 6.65. The summed E-state index contributed by atoms with van der Waals surface area (Å²) in [6.45, 7) is 3.64. The van der Waals surface area contributed by atoms with Gasteiger partial charge in [-0.3, -0.25) is 24.1 Å². The van der Waals surface area contributed by atoms with E-state index < -0.39 is 11.9 Å². The zero-order chi connectivity index (χ0) is 27.9. The Morgan fingerprint density at radius 3 is 2.08 bits per heavy atom. The van der Waals surface area contributed by atoms with E-state index in [0.29, 0.717) is 16.7 Å². The summed E-state index contributed by atoms with van der Waals surface area (Å²) in [6.07, 6.45) is 0.433. The van der Waals surface area contributed by atoms with Crippen molar-refractivity contribution in [3.63, 3.8) is 0 Å². The van der Waals surface area contributed by atoms with Crippen LogP contribution < -0.4 is 5.32 Å². The number of fused-ring (bicyclic) bond motifs is 1. The summed E-state index contributed by atoms with van der Waals surface area (Å²) in [4.78, 5) is 55.0. The van der Waals surface area contributed by atoms with Crippen LogP contribution in [0.2, 0.25) is 0 Å². The number of carbonyl (C=O) groups is 4. The van der Waals surface area contributed by atoms with Crippen LogP contribution in [-0.4, -0.2) is 52.1 Å². The zero-order valence-corrected chi connectivity index (χ0v) is 22.1. The highest BCUT2D eigenvalue weighted by Gasteiger charge is 2.35. The molecule has 4 rings (SSSR count). The Morgan fingerprint density at radius 2 is 1.46 bits per heavy atom. The number of carbonyl (C=O) groups excluding carboxylic acids is 4. The maximum absolute atomic E-state index is 14.7. The summed E-state index contributed by atoms with van der Waals surface area (Å²) in [7, 11) is 0. The van der Waals surface area contributed by atoms with Crippen LogP contribution in [0.25, 0.3) is 0 Å². The quantitative estimate of drug-likeness (QED) is 0.374. The Kier molecular flexibility index (Phi) is 8.86. The van der Waals surface area contributed by atoms with E-state index >= 15 is 0 Å². The Bertz CT molecular complexity index is 1320. The van der Waals surface area contributed by atoms with Crippen LogP contribution in [0.15, 0.2) is 78.9 Å². The van der Waals surface area contributed by atoms with E-state index in [1.807, 2.05) is 44.2 Å². The molecule has 0 bridgehead atoms. The summed E-state index contributed by atoms with van der Waals surface area (Å²) in [5.74, 6) is -1.94. The highest BCUT2D eigenvalue weighted by molar-refractivity contribution is 6.21. The normalized spacial score (nSPS) is 13.4. The Morgan fingerprint density at radius 1 is 0.872 bits per heavy atom. The van der Waals surface area contributed by atoms with Gasteiger partial charge in [0.1, 0.15) is 11.9 Å². The van der Waals surface area contributed by atoms with Gasteiger partial charge in [-0.1, -0.05) is 60.7 Å². The molecule has 0 unspecified atom stereocenters. The van der Waals surface area contributed by atoms with Gasteiger partial charge in [0.15, 0.2) is 0 Å². The van der Waals surface area contributed by atoms with Gasteiger partial charge in [0, 0.05) is 37.5 Å². The van der Waals surface area contributed by atoms with Crippen molar-refractivity contribution in [2.24, 2.45) is 0 Å². The lowest BCUT2D eigenvalue weighted by atomic mass is 10.0. The summed E-state index contributed by atoms with van der Waals surface area (Å²) in [5, 5.41) is 2.90. The van der Waals surface area contributed by atoms with Crippen LogP contribution in [0.1, 0.15) is 58.5 Å². The molecule has 7 nitrogen and oxygen atoms in total. The van der Waals surface area contributed by atoms with Crippen LogP contribution >= 0.6 is 0 Å². The van der Waals surface area contributed by atoms with Crippen molar-refractivity contribution in [3.05, 3.63) is 107 Å². The van der Waals surface area contributed by atoms with E-state index in [1.165, 1.54) is 11.0 Å². The highest BCUT2D eigenvalue weighted by atomic mass is 19.1. The number of hydrogen-bond donors (Lipinski definition) is 1. The van der Waals surface area contributed by atoms with Gasteiger partial charge >= 0.3 is 0 Å². The molecule has 0 saturated heterocycles. The number of nitrogens with zero attached hydrogens (tertiary/aromatic N) is 2. The van der Waals surface area contributed by atoms with Crippen LogP contribution in [0.4, 0.5) is 4.39 Å². The molecular formula is C31H32FN3O4. The Hall–Kier alpha value is -4.33. The van der Waals surface area contributed by atoms with E-state index in [1.54, 1.807) is 42.5 Å². The number of halogens is 1. The summed E-state index contributed by atoms with van der Waals surface area (Å²) in [5.41, 5.74) is 1.85. The van der Waals surface area contributed by atoms with E-state index in [9.17, 15) is 23.6 Å². The van der Waals surface area contributed by atoms with Crippen LogP contribution in [0.3, 0.4) is 0 Å². The second-order valence-electron chi connectivity index (χ2n) is 9.89. The molecular weight excluding hydrogens is 497 g/mol. The molecule has 3 aromatic carbocycles. The summed E-state index contributed by atoms with van der Waals surface area (Å²) in [6, 6.07) is 21.1. The van der Waals surface area contributed by atoms with Crippen LogP contribution in [-0.2, 0) is 22.6 Å². The molecule has 1 aliphatic rings. The first-order valence-corrected chi connectivity index (χ1v) is 13.1. The SMILES string of the molecule is CC(C)NC(=O)[C@@H](Cc1ccccc1)N(Cc1ccccc1F)C(=O)CCCN1C(=O)c2ccccc2C1=O. The number of rotatable bonds is 11. The topological polar surface area (TPSA) is 86.8 Å². The lowest BCUT2D eigenvalue weighted by Gasteiger charge is -2.32. The maximum Gasteiger partial charge on any atom is 0.261 e. The minimum atomic E-state index is -0.888. The van der Waals surface area contributed by atoms with Crippen LogP contribution in [0.5, 0.6) is 0 Å². The molecule has 202 valence electrons. The summed E-state index contributed by atoms with van der Waals surface area (Å²) >= 11 is 0. The summed E-state index contributed by atoms with van der Waals surface area (Å²) < 4.78 is 14.7. The molecule has 4 amide bonds. The van der Waals surface area contributed by atoms with Crippen molar-refractivity contribution < 1.29 is 23.6 Å². The molecule has 1 N–H and O–H groups in total. The molecule has 1 atom stereocenters. The number of amides is 4. The average molecular weight is 530 g/mol. The molecule has 39 heavy (non-hydrogen) atoms.